The van der Waals surface area contributed by atoms with Gasteiger partial charge in [0.25, 0.3) is 0 Å². The highest BCUT2D eigenvalue weighted by Gasteiger charge is 2.16. The van der Waals surface area contributed by atoms with Gasteiger partial charge in [-0.15, -0.1) is 0 Å². The molecule has 2 aromatic heterocycles. The Morgan fingerprint density at radius 3 is 2.69 bits per heavy atom. The molecule has 7 heteroatoms. The SMILES string of the molecule is COc1ccccc1-c1cc2nc(C)c(CCC(=O)Nc3cc(Cl)ccc3C)c(C)n2n1. The Bertz CT molecular complexity index is 1310. The van der Waals surface area contributed by atoms with Crippen LogP contribution in [-0.4, -0.2) is 27.6 Å². The van der Waals surface area contributed by atoms with Gasteiger partial charge in [-0.2, -0.15) is 5.10 Å². The summed E-state index contributed by atoms with van der Waals surface area (Å²) in [7, 11) is 1.65. The second kappa shape index (κ2) is 9.01. The predicted molar refractivity (Wildman–Crippen MR) is 128 cm³/mol. The minimum atomic E-state index is -0.0653. The van der Waals surface area contributed by atoms with Crippen LogP contribution < -0.4 is 10.1 Å². The van der Waals surface area contributed by atoms with Gasteiger partial charge in [0, 0.05) is 40.1 Å². The highest BCUT2D eigenvalue weighted by Crippen LogP contribution is 2.30. The molecule has 2 heterocycles. The van der Waals surface area contributed by atoms with E-state index in [1.54, 1.807) is 13.2 Å². The maximum absolute atomic E-state index is 12.6. The number of hydrogen-bond donors (Lipinski definition) is 1. The summed E-state index contributed by atoms with van der Waals surface area (Å²) < 4.78 is 7.32. The third-order valence-electron chi connectivity index (χ3n) is 5.62. The van der Waals surface area contributed by atoms with E-state index in [0.29, 0.717) is 17.9 Å². The molecule has 6 nitrogen and oxygen atoms in total. The van der Waals surface area contributed by atoms with Crippen LogP contribution in [0.5, 0.6) is 5.75 Å². The van der Waals surface area contributed by atoms with Gasteiger partial charge in [0.2, 0.25) is 5.91 Å². The Morgan fingerprint density at radius 1 is 1.12 bits per heavy atom. The Labute approximate surface area is 192 Å². The van der Waals surface area contributed by atoms with E-state index in [4.69, 9.17) is 26.4 Å². The number of carbonyl (C=O) groups excluding carboxylic acids is 1. The van der Waals surface area contributed by atoms with Gasteiger partial charge >= 0.3 is 0 Å². The van der Waals surface area contributed by atoms with Crippen molar-refractivity contribution in [3.8, 4) is 17.0 Å². The fourth-order valence-corrected chi connectivity index (χ4v) is 4.03. The molecule has 4 aromatic rings. The lowest BCUT2D eigenvalue weighted by Gasteiger charge is -2.12. The number of ether oxygens (including phenoxy) is 1. The predicted octanol–water partition coefficient (Wildman–Crippen LogP) is 5.55. The molecule has 0 aliphatic rings. The molecular weight excluding hydrogens is 424 g/mol. The lowest BCUT2D eigenvalue weighted by Crippen LogP contribution is -2.15. The van der Waals surface area contributed by atoms with Crippen LogP contribution in [0.15, 0.2) is 48.5 Å². The minimum Gasteiger partial charge on any atom is -0.496 e. The molecule has 1 N–H and O–H groups in total. The number of aromatic nitrogens is 3. The number of nitrogens with zero attached hydrogens (tertiary/aromatic N) is 3. The number of carbonyl (C=O) groups is 1. The normalized spacial score (nSPS) is 11.0. The smallest absolute Gasteiger partial charge is 0.224 e. The molecular formula is C25H25ClN4O2. The summed E-state index contributed by atoms with van der Waals surface area (Å²) in [5, 5.41) is 8.32. The third-order valence-corrected chi connectivity index (χ3v) is 5.86. The first-order chi connectivity index (χ1) is 15.4. The summed E-state index contributed by atoms with van der Waals surface area (Å²) in [6.45, 7) is 5.92. The Hall–Kier alpha value is -3.38. The summed E-state index contributed by atoms with van der Waals surface area (Å²) in [4.78, 5) is 17.3. The number of rotatable bonds is 6. The number of amides is 1. The van der Waals surface area contributed by atoms with Crippen molar-refractivity contribution >= 4 is 28.8 Å². The number of nitrogens with one attached hydrogen (secondary N) is 1. The van der Waals surface area contributed by atoms with Crippen LogP contribution in [0.2, 0.25) is 5.02 Å². The molecule has 0 aliphatic carbocycles. The molecule has 4 rings (SSSR count). The first-order valence-corrected chi connectivity index (χ1v) is 10.8. The molecule has 32 heavy (non-hydrogen) atoms. The first-order valence-electron chi connectivity index (χ1n) is 10.4. The number of hydrogen-bond acceptors (Lipinski definition) is 4. The summed E-state index contributed by atoms with van der Waals surface area (Å²) >= 11 is 6.06. The van der Waals surface area contributed by atoms with E-state index in [9.17, 15) is 4.79 Å². The van der Waals surface area contributed by atoms with E-state index in [-0.39, 0.29) is 5.91 Å². The third kappa shape index (κ3) is 4.32. The average molecular weight is 449 g/mol. The minimum absolute atomic E-state index is 0.0653. The number of anilines is 1. The van der Waals surface area contributed by atoms with Gasteiger partial charge in [-0.1, -0.05) is 29.8 Å². The van der Waals surface area contributed by atoms with Crippen molar-refractivity contribution in [1.82, 2.24) is 14.6 Å². The summed E-state index contributed by atoms with van der Waals surface area (Å²) in [6, 6.07) is 15.2. The van der Waals surface area contributed by atoms with Crippen molar-refractivity contribution in [2.75, 3.05) is 12.4 Å². The molecule has 0 bridgehead atoms. The Kier molecular flexibility index (Phi) is 6.15. The number of aryl methyl sites for hydroxylation is 3. The highest BCUT2D eigenvalue weighted by atomic mass is 35.5. The number of benzene rings is 2. The van der Waals surface area contributed by atoms with E-state index >= 15 is 0 Å². The maximum Gasteiger partial charge on any atom is 0.224 e. The average Bonchev–Trinajstić information content (AvgIpc) is 3.20. The summed E-state index contributed by atoms with van der Waals surface area (Å²) in [5.41, 5.74) is 7.07. The number of para-hydroxylation sites is 1. The van der Waals surface area contributed by atoms with Crippen LogP contribution in [-0.2, 0) is 11.2 Å². The largest absolute Gasteiger partial charge is 0.496 e. The summed E-state index contributed by atoms with van der Waals surface area (Å²) in [5.74, 6) is 0.697. The lowest BCUT2D eigenvalue weighted by molar-refractivity contribution is -0.116. The molecule has 0 fully saturated rings. The van der Waals surface area contributed by atoms with Crippen LogP contribution >= 0.6 is 11.6 Å². The van der Waals surface area contributed by atoms with Gasteiger partial charge in [0.1, 0.15) is 5.75 Å². The zero-order valence-electron chi connectivity index (χ0n) is 18.6. The molecule has 0 aliphatic heterocycles. The van der Waals surface area contributed by atoms with Crippen molar-refractivity contribution in [2.45, 2.75) is 33.6 Å². The molecule has 164 valence electrons. The molecule has 0 saturated heterocycles. The molecule has 0 spiro atoms. The van der Waals surface area contributed by atoms with Crippen molar-refractivity contribution in [3.63, 3.8) is 0 Å². The van der Waals surface area contributed by atoms with Crippen LogP contribution in [0, 0.1) is 20.8 Å². The van der Waals surface area contributed by atoms with E-state index in [0.717, 1.165) is 50.9 Å². The van der Waals surface area contributed by atoms with Gasteiger partial charge < -0.3 is 10.1 Å². The van der Waals surface area contributed by atoms with Crippen LogP contribution in [0.25, 0.3) is 16.9 Å². The topological polar surface area (TPSA) is 68.5 Å². The maximum atomic E-state index is 12.6. The highest BCUT2D eigenvalue weighted by molar-refractivity contribution is 6.31. The van der Waals surface area contributed by atoms with Crippen LogP contribution in [0.4, 0.5) is 5.69 Å². The van der Waals surface area contributed by atoms with Crippen LogP contribution in [0.1, 0.15) is 28.9 Å². The van der Waals surface area contributed by atoms with Crippen molar-refractivity contribution in [3.05, 3.63) is 76.1 Å². The molecule has 0 atom stereocenters. The molecule has 0 unspecified atom stereocenters. The standard InChI is InChI=1S/C25H25ClN4O2/c1-15-9-10-18(26)13-21(15)28-25(31)12-11-19-16(2)27-24-14-22(29-30(24)17(19)3)20-7-5-6-8-23(20)32-4/h5-10,13-14H,11-12H2,1-4H3,(H,28,31). The van der Waals surface area contributed by atoms with Gasteiger partial charge in [0.15, 0.2) is 5.65 Å². The molecule has 0 saturated carbocycles. The zero-order valence-corrected chi connectivity index (χ0v) is 19.3. The fourth-order valence-electron chi connectivity index (χ4n) is 3.86. The van der Waals surface area contributed by atoms with E-state index in [1.807, 2.05) is 67.8 Å². The molecule has 1 amide bonds. The molecule has 2 aromatic carbocycles. The van der Waals surface area contributed by atoms with Gasteiger partial charge in [-0.3, -0.25) is 4.79 Å². The van der Waals surface area contributed by atoms with Gasteiger partial charge in [-0.25, -0.2) is 9.50 Å². The van der Waals surface area contributed by atoms with Gasteiger partial charge in [0.05, 0.1) is 12.8 Å². The first kappa shape index (κ1) is 21.8. The van der Waals surface area contributed by atoms with E-state index < -0.39 is 0 Å². The molecule has 0 radical (unpaired) electrons. The van der Waals surface area contributed by atoms with Crippen LogP contribution in [0.3, 0.4) is 0 Å². The quantitative estimate of drug-likeness (QED) is 0.419. The van der Waals surface area contributed by atoms with Gasteiger partial charge in [-0.05, 0) is 62.6 Å². The van der Waals surface area contributed by atoms with Crippen molar-refractivity contribution in [1.29, 1.82) is 0 Å². The second-order valence-electron chi connectivity index (χ2n) is 7.77. The van der Waals surface area contributed by atoms with Crippen molar-refractivity contribution < 1.29 is 9.53 Å². The van der Waals surface area contributed by atoms with E-state index in [2.05, 4.69) is 5.32 Å². The second-order valence-corrected chi connectivity index (χ2v) is 8.20. The van der Waals surface area contributed by atoms with Crippen molar-refractivity contribution in [2.24, 2.45) is 0 Å². The Balaban J connectivity index is 1.58. The lowest BCUT2D eigenvalue weighted by atomic mass is 10.1. The number of methoxy groups -OCH3 is 1. The Morgan fingerprint density at radius 2 is 1.91 bits per heavy atom. The monoisotopic (exact) mass is 448 g/mol. The fraction of sp³-hybridized carbons (Fsp3) is 0.240. The summed E-state index contributed by atoms with van der Waals surface area (Å²) in [6.07, 6.45) is 0.900. The zero-order chi connectivity index (χ0) is 22.8. The van der Waals surface area contributed by atoms with E-state index in [1.165, 1.54) is 0 Å². The number of fused-ring (bicyclic) bond motifs is 1. The number of halogens is 1.